The second kappa shape index (κ2) is 3.71. The van der Waals surface area contributed by atoms with Crippen LogP contribution in [0.1, 0.15) is 5.82 Å². The van der Waals surface area contributed by atoms with Crippen molar-refractivity contribution in [2.45, 2.75) is 6.54 Å². The first-order chi connectivity index (χ1) is 8.29. The van der Waals surface area contributed by atoms with Gasteiger partial charge in [-0.05, 0) is 6.07 Å². The Bertz CT molecular complexity index is 664. The first kappa shape index (κ1) is 10.0. The molecule has 17 heavy (non-hydrogen) atoms. The van der Waals surface area contributed by atoms with Gasteiger partial charge in [-0.15, -0.1) is 0 Å². The maximum Gasteiger partial charge on any atom is 0.183 e. The van der Waals surface area contributed by atoms with Crippen molar-refractivity contribution in [3.05, 3.63) is 36.3 Å². The molecule has 0 unspecified atom stereocenters. The standard InChI is InChI=1S/C12H13N5/c1-17-11(6-13)15-12(16-17)9-7-14-10-5-3-2-4-8(9)10/h2-5,7,14H,6,13H2,1H3. The molecule has 5 nitrogen and oxygen atoms in total. The minimum absolute atomic E-state index is 0.395. The molecule has 0 aliphatic heterocycles. The molecule has 2 aromatic heterocycles. The number of hydrogen-bond donors (Lipinski definition) is 2. The van der Waals surface area contributed by atoms with Gasteiger partial charge in [0.05, 0.1) is 6.54 Å². The fraction of sp³-hybridized carbons (Fsp3) is 0.167. The lowest BCUT2D eigenvalue weighted by Gasteiger charge is -1.91. The van der Waals surface area contributed by atoms with Gasteiger partial charge in [-0.3, -0.25) is 4.68 Å². The highest BCUT2D eigenvalue weighted by Crippen LogP contribution is 2.25. The Morgan fingerprint density at radius 2 is 2.18 bits per heavy atom. The Morgan fingerprint density at radius 3 is 2.94 bits per heavy atom. The van der Waals surface area contributed by atoms with E-state index in [0.29, 0.717) is 12.4 Å². The highest BCUT2D eigenvalue weighted by atomic mass is 15.3. The van der Waals surface area contributed by atoms with Crippen LogP contribution in [-0.4, -0.2) is 19.7 Å². The Hall–Kier alpha value is -2.14. The van der Waals surface area contributed by atoms with E-state index >= 15 is 0 Å². The molecule has 3 aromatic rings. The van der Waals surface area contributed by atoms with Gasteiger partial charge in [0, 0.05) is 29.7 Å². The van der Waals surface area contributed by atoms with E-state index in [1.165, 1.54) is 0 Å². The van der Waals surface area contributed by atoms with E-state index < -0.39 is 0 Å². The Morgan fingerprint density at radius 1 is 1.35 bits per heavy atom. The van der Waals surface area contributed by atoms with Crippen LogP contribution in [0, 0.1) is 0 Å². The monoisotopic (exact) mass is 227 g/mol. The molecule has 3 N–H and O–H groups in total. The molecule has 0 spiro atoms. The Labute approximate surface area is 98.3 Å². The van der Waals surface area contributed by atoms with Gasteiger partial charge in [-0.25, -0.2) is 4.98 Å². The molecule has 5 heteroatoms. The number of aromatic nitrogens is 4. The Kier molecular flexibility index (Phi) is 2.19. The van der Waals surface area contributed by atoms with Crippen molar-refractivity contribution >= 4 is 10.9 Å². The van der Waals surface area contributed by atoms with E-state index in [1.807, 2.05) is 31.4 Å². The zero-order valence-corrected chi connectivity index (χ0v) is 9.51. The second-order valence-electron chi connectivity index (χ2n) is 3.93. The summed E-state index contributed by atoms with van der Waals surface area (Å²) in [6.07, 6.45) is 1.93. The predicted octanol–water partition coefficient (Wildman–Crippen LogP) is 1.42. The quantitative estimate of drug-likeness (QED) is 0.695. The lowest BCUT2D eigenvalue weighted by Crippen LogP contribution is -2.05. The molecule has 3 rings (SSSR count). The van der Waals surface area contributed by atoms with Gasteiger partial charge < -0.3 is 10.7 Å². The number of nitrogens with zero attached hydrogens (tertiary/aromatic N) is 3. The number of aryl methyl sites for hydroxylation is 1. The summed E-state index contributed by atoms with van der Waals surface area (Å²) in [6.45, 7) is 0.395. The molecule has 0 atom stereocenters. The molecule has 0 radical (unpaired) electrons. The summed E-state index contributed by atoms with van der Waals surface area (Å²) in [6, 6.07) is 8.09. The molecule has 0 aliphatic rings. The average Bonchev–Trinajstić information content (AvgIpc) is 2.92. The number of fused-ring (bicyclic) bond motifs is 1. The number of aromatic amines is 1. The molecule has 0 saturated heterocycles. The number of H-pyrrole nitrogens is 1. The first-order valence-electron chi connectivity index (χ1n) is 5.46. The average molecular weight is 227 g/mol. The van der Waals surface area contributed by atoms with Crippen LogP contribution in [0.3, 0.4) is 0 Å². The first-order valence-corrected chi connectivity index (χ1v) is 5.46. The second-order valence-corrected chi connectivity index (χ2v) is 3.93. The summed E-state index contributed by atoms with van der Waals surface area (Å²) in [7, 11) is 1.85. The summed E-state index contributed by atoms with van der Waals surface area (Å²) < 4.78 is 1.72. The number of rotatable bonds is 2. The number of nitrogens with two attached hydrogens (primary N) is 1. The van der Waals surface area contributed by atoms with Gasteiger partial charge >= 0.3 is 0 Å². The lowest BCUT2D eigenvalue weighted by atomic mass is 10.2. The normalized spacial score (nSPS) is 11.2. The van der Waals surface area contributed by atoms with Gasteiger partial charge in [-0.1, -0.05) is 18.2 Å². The minimum atomic E-state index is 0.395. The molecule has 0 saturated carbocycles. The van der Waals surface area contributed by atoms with Crippen LogP contribution in [0.25, 0.3) is 22.3 Å². The van der Waals surface area contributed by atoms with Crippen LogP contribution in [-0.2, 0) is 13.6 Å². The van der Waals surface area contributed by atoms with Gasteiger partial charge in [0.15, 0.2) is 5.82 Å². The summed E-state index contributed by atoms with van der Waals surface area (Å²) >= 11 is 0. The molecular weight excluding hydrogens is 214 g/mol. The lowest BCUT2D eigenvalue weighted by molar-refractivity contribution is 0.703. The summed E-state index contributed by atoms with van der Waals surface area (Å²) in [4.78, 5) is 7.64. The van der Waals surface area contributed by atoms with E-state index in [2.05, 4.69) is 21.1 Å². The SMILES string of the molecule is Cn1nc(-c2c[nH]c3ccccc23)nc1CN. The van der Waals surface area contributed by atoms with Crippen molar-refractivity contribution in [3.63, 3.8) is 0 Å². The topological polar surface area (TPSA) is 72.5 Å². The zero-order valence-electron chi connectivity index (χ0n) is 9.51. The molecule has 0 aliphatic carbocycles. The van der Waals surface area contributed by atoms with E-state index in [4.69, 9.17) is 5.73 Å². The van der Waals surface area contributed by atoms with E-state index in [-0.39, 0.29) is 0 Å². The van der Waals surface area contributed by atoms with Crippen LogP contribution < -0.4 is 5.73 Å². The molecule has 1 aromatic carbocycles. The van der Waals surface area contributed by atoms with Crippen LogP contribution in [0.2, 0.25) is 0 Å². The molecule has 0 amide bonds. The molecule has 0 bridgehead atoms. The van der Waals surface area contributed by atoms with Crippen molar-refractivity contribution < 1.29 is 0 Å². The van der Waals surface area contributed by atoms with E-state index in [9.17, 15) is 0 Å². The van der Waals surface area contributed by atoms with Crippen LogP contribution in [0.4, 0.5) is 0 Å². The number of para-hydroxylation sites is 1. The third kappa shape index (κ3) is 1.52. The van der Waals surface area contributed by atoms with Crippen LogP contribution in [0.15, 0.2) is 30.5 Å². The van der Waals surface area contributed by atoms with Gasteiger partial charge in [-0.2, -0.15) is 5.10 Å². The summed E-state index contributed by atoms with van der Waals surface area (Å²) in [5.74, 6) is 1.50. The van der Waals surface area contributed by atoms with Gasteiger partial charge in [0.25, 0.3) is 0 Å². The van der Waals surface area contributed by atoms with Crippen LogP contribution in [0.5, 0.6) is 0 Å². The number of hydrogen-bond acceptors (Lipinski definition) is 3. The predicted molar refractivity (Wildman–Crippen MR) is 66.2 cm³/mol. The van der Waals surface area contributed by atoms with E-state index in [1.54, 1.807) is 4.68 Å². The molecule has 2 heterocycles. The van der Waals surface area contributed by atoms with Gasteiger partial charge in [0.2, 0.25) is 0 Å². The van der Waals surface area contributed by atoms with E-state index in [0.717, 1.165) is 22.3 Å². The smallest absolute Gasteiger partial charge is 0.183 e. The maximum atomic E-state index is 5.60. The fourth-order valence-corrected chi connectivity index (χ4v) is 1.97. The van der Waals surface area contributed by atoms with Crippen molar-refractivity contribution in [3.8, 4) is 11.4 Å². The van der Waals surface area contributed by atoms with Gasteiger partial charge in [0.1, 0.15) is 5.82 Å². The number of nitrogens with one attached hydrogen (secondary N) is 1. The van der Waals surface area contributed by atoms with Crippen LogP contribution >= 0.6 is 0 Å². The summed E-state index contributed by atoms with van der Waals surface area (Å²) in [5, 5.41) is 5.51. The highest BCUT2D eigenvalue weighted by Gasteiger charge is 2.11. The maximum absolute atomic E-state index is 5.60. The number of benzene rings is 1. The van der Waals surface area contributed by atoms with Crippen molar-refractivity contribution in [1.29, 1.82) is 0 Å². The third-order valence-electron chi connectivity index (χ3n) is 2.87. The minimum Gasteiger partial charge on any atom is -0.360 e. The van der Waals surface area contributed by atoms with Crippen molar-refractivity contribution in [2.24, 2.45) is 12.8 Å². The Balaban J connectivity index is 2.20. The fourth-order valence-electron chi connectivity index (χ4n) is 1.97. The van der Waals surface area contributed by atoms with Crippen molar-refractivity contribution in [1.82, 2.24) is 19.7 Å². The van der Waals surface area contributed by atoms with Crippen molar-refractivity contribution in [2.75, 3.05) is 0 Å². The summed E-state index contributed by atoms with van der Waals surface area (Å²) in [5.41, 5.74) is 7.70. The molecular formula is C12H13N5. The third-order valence-corrected chi connectivity index (χ3v) is 2.87. The highest BCUT2D eigenvalue weighted by molar-refractivity contribution is 5.93. The largest absolute Gasteiger partial charge is 0.360 e. The molecule has 86 valence electrons. The molecule has 0 fully saturated rings. The zero-order chi connectivity index (χ0) is 11.8.